The first-order valence-electron chi connectivity index (χ1n) is 5.91. The Balaban J connectivity index is 3.06. The third kappa shape index (κ3) is 3.33. The van der Waals surface area contributed by atoms with E-state index in [0.717, 1.165) is 0 Å². The maximum atomic E-state index is 12.2. The summed E-state index contributed by atoms with van der Waals surface area (Å²) in [6, 6.07) is 0. The molecule has 1 N–H and O–H groups in total. The highest BCUT2D eigenvalue weighted by Crippen LogP contribution is 2.17. The van der Waals surface area contributed by atoms with Crippen molar-refractivity contribution < 1.29 is 8.42 Å². The van der Waals surface area contributed by atoms with Crippen LogP contribution in [0.4, 0.5) is 0 Å². The molecule has 0 spiro atoms. The zero-order valence-electron chi connectivity index (χ0n) is 11.2. The molecule has 0 aliphatic rings. The number of alkyl halides is 1. The van der Waals surface area contributed by atoms with Crippen molar-refractivity contribution in [3.05, 3.63) is 12.0 Å². The van der Waals surface area contributed by atoms with E-state index in [9.17, 15) is 8.42 Å². The van der Waals surface area contributed by atoms with Gasteiger partial charge >= 0.3 is 0 Å². The van der Waals surface area contributed by atoms with Gasteiger partial charge in [0.25, 0.3) is 10.0 Å². The van der Waals surface area contributed by atoms with E-state index in [4.69, 9.17) is 0 Å². The summed E-state index contributed by atoms with van der Waals surface area (Å²) in [6.45, 7) is 8.26. The van der Waals surface area contributed by atoms with Gasteiger partial charge in [-0.1, -0.05) is 22.9 Å². The highest BCUT2D eigenvalue weighted by Gasteiger charge is 2.29. The van der Waals surface area contributed by atoms with Crippen LogP contribution in [-0.4, -0.2) is 28.8 Å². The molecule has 0 fully saturated rings. The Morgan fingerprint density at radius 3 is 2.50 bits per heavy atom. The zero-order chi connectivity index (χ0) is 14.0. The zero-order valence-corrected chi connectivity index (χ0v) is 13.6. The van der Waals surface area contributed by atoms with Crippen molar-refractivity contribution >= 4 is 26.0 Å². The van der Waals surface area contributed by atoms with E-state index >= 15 is 0 Å². The number of nitrogens with zero attached hydrogens (tertiary/aromatic N) is 2. The van der Waals surface area contributed by atoms with Gasteiger partial charge in [-0.15, -0.1) is 0 Å². The predicted molar refractivity (Wildman–Crippen MR) is 75.4 cm³/mol. The first-order valence-corrected chi connectivity index (χ1v) is 8.52. The number of imidazole rings is 1. The van der Waals surface area contributed by atoms with Crippen LogP contribution >= 0.6 is 15.9 Å². The van der Waals surface area contributed by atoms with Crippen molar-refractivity contribution in [3.63, 3.8) is 0 Å². The van der Waals surface area contributed by atoms with Crippen molar-refractivity contribution in [2.75, 3.05) is 5.33 Å². The fourth-order valence-electron chi connectivity index (χ4n) is 1.50. The molecule has 0 aromatic carbocycles. The van der Waals surface area contributed by atoms with Gasteiger partial charge in [0.15, 0.2) is 5.03 Å². The minimum atomic E-state index is -3.57. The average molecular weight is 338 g/mol. The van der Waals surface area contributed by atoms with Gasteiger partial charge in [0.05, 0.1) is 0 Å². The summed E-state index contributed by atoms with van der Waals surface area (Å²) in [7, 11) is -3.57. The average Bonchev–Trinajstić information content (AvgIpc) is 2.70. The molecule has 5 nitrogen and oxygen atoms in total. The molecule has 1 atom stereocenters. The molecule has 1 rings (SSSR count). The molecule has 0 radical (unpaired) electrons. The van der Waals surface area contributed by atoms with Crippen LogP contribution in [0.2, 0.25) is 0 Å². The minimum absolute atomic E-state index is 0.0856. The molecule has 104 valence electrons. The minimum Gasteiger partial charge on any atom is -0.334 e. The Bertz CT molecular complexity index is 506. The molecule has 0 saturated carbocycles. The van der Waals surface area contributed by atoms with Crippen LogP contribution in [0.25, 0.3) is 0 Å². The first kappa shape index (κ1) is 15.7. The van der Waals surface area contributed by atoms with Crippen molar-refractivity contribution in [2.45, 2.75) is 51.2 Å². The second kappa shape index (κ2) is 5.71. The van der Waals surface area contributed by atoms with Crippen LogP contribution in [0, 0.1) is 6.92 Å². The maximum Gasteiger partial charge on any atom is 0.260 e. The van der Waals surface area contributed by atoms with Crippen LogP contribution in [0.5, 0.6) is 0 Å². The summed E-state index contributed by atoms with van der Waals surface area (Å²) in [5.41, 5.74) is -0.497. The van der Waals surface area contributed by atoms with Gasteiger partial charge < -0.3 is 4.57 Å². The number of sulfonamides is 1. The van der Waals surface area contributed by atoms with Crippen molar-refractivity contribution in [1.29, 1.82) is 0 Å². The van der Waals surface area contributed by atoms with E-state index in [1.165, 1.54) is 0 Å². The summed E-state index contributed by atoms with van der Waals surface area (Å²) in [6.07, 6.45) is 2.27. The largest absolute Gasteiger partial charge is 0.334 e. The fraction of sp³-hybridized carbons (Fsp3) is 0.727. The fourth-order valence-corrected chi connectivity index (χ4v) is 3.71. The molecule has 0 aliphatic heterocycles. The van der Waals surface area contributed by atoms with Crippen molar-refractivity contribution in [3.8, 4) is 0 Å². The van der Waals surface area contributed by atoms with Gasteiger partial charge in [-0.2, -0.15) is 0 Å². The Morgan fingerprint density at radius 2 is 2.11 bits per heavy atom. The van der Waals surface area contributed by atoms with Gasteiger partial charge in [0, 0.05) is 23.6 Å². The highest BCUT2D eigenvalue weighted by atomic mass is 79.9. The van der Waals surface area contributed by atoms with Crippen LogP contribution in [0.1, 0.15) is 33.0 Å². The number of halogens is 1. The molecule has 0 saturated heterocycles. The lowest BCUT2D eigenvalue weighted by Crippen LogP contribution is -2.46. The smallest absolute Gasteiger partial charge is 0.260 e. The van der Waals surface area contributed by atoms with Crippen molar-refractivity contribution in [1.82, 2.24) is 14.3 Å². The lowest BCUT2D eigenvalue weighted by atomic mass is 10.0. The summed E-state index contributed by atoms with van der Waals surface area (Å²) >= 11 is 3.34. The van der Waals surface area contributed by atoms with Crippen LogP contribution < -0.4 is 4.72 Å². The molecular formula is C11H20BrN3O2S. The molecule has 1 aromatic heterocycles. The molecule has 1 unspecified atom stereocenters. The summed E-state index contributed by atoms with van der Waals surface area (Å²) in [5, 5.41) is 0.644. The van der Waals surface area contributed by atoms with Crippen molar-refractivity contribution in [2.24, 2.45) is 0 Å². The van der Waals surface area contributed by atoms with Crippen LogP contribution in [0.15, 0.2) is 11.2 Å². The number of aryl methyl sites for hydroxylation is 2. The second-order valence-corrected chi connectivity index (χ2v) is 6.76. The molecule has 1 aromatic rings. The standard InChI is InChI=1S/C11H20BrN3O2S/c1-5-11(4,8-12)14-18(16,17)10-7-15(6-2)9(3)13-10/h7,14H,5-6,8H2,1-4H3. The number of hydrogen-bond acceptors (Lipinski definition) is 3. The topological polar surface area (TPSA) is 64.0 Å². The molecule has 1 heterocycles. The van der Waals surface area contributed by atoms with Crippen LogP contribution in [0.3, 0.4) is 0 Å². The molecule has 0 amide bonds. The number of nitrogens with one attached hydrogen (secondary N) is 1. The quantitative estimate of drug-likeness (QED) is 0.808. The molecule has 7 heteroatoms. The van der Waals surface area contributed by atoms with Gasteiger partial charge in [0.1, 0.15) is 5.82 Å². The van der Waals surface area contributed by atoms with E-state index < -0.39 is 15.6 Å². The maximum absolute atomic E-state index is 12.2. The highest BCUT2D eigenvalue weighted by molar-refractivity contribution is 9.09. The SMILES string of the molecule is CCn1cc(S(=O)(=O)NC(C)(CC)CBr)nc1C. The number of aromatic nitrogens is 2. The van der Waals surface area contributed by atoms with E-state index in [1.54, 1.807) is 13.1 Å². The summed E-state index contributed by atoms with van der Waals surface area (Å²) in [5.74, 6) is 0.704. The van der Waals surface area contributed by atoms with Gasteiger partial charge in [-0.25, -0.2) is 18.1 Å². The first-order chi connectivity index (χ1) is 8.28. The van der Waals surface area contributed by atoms with Crippen LogP contribution in [-0.2, 0) is 16.6 Å². The third-order valence-corrected chi connectivity index (χ3v) is 5.77. The molecule has 0 bridgehead atoms. The number of hydrogen-bond donors (Lipinski definition) is 1. The van der Waals surface area contributed by atoms with Gasteiger partial charge in [-0.05, 0) is 27.2 Å². The molecule has 0 aliphatic carbocycles. The predicted octanol–water partition coefficient (Wildman–Crippen LogP) is 2.05. The third-order valence-electron chi connectivity index (χ3n) is 3.03. The Morgan fingerprint density at radius 1 is 1.50 bits per heavy atom. The van der Waals surface area contributed by atoms with E-state index in [-0.39, 0.29) is 5.03 Å². The lowest BCUT2D eigenvalue weighted by molar-refractivity contribution is 0.448. The Labute approximate surface area is 117 Å². The van der Waals surface area contributed by atoms with E-state index in [1.807, 2.05) is 25.3 Å². The molecule has 18 heavy (non-hydrogen) atoms. The van der Waals surface area contributed by atoms with Gasteiger partial charge in [-0.3, -0.25) is 0 Å². The van der Waals surface area contributed by atoms with E-state index in [0.29, 0.717) is 24.1 Å². The number of rotatable bonds is 6. The molecular weight excluding hydrogens is 318 g/mol. The Hall–Kier alpha value is -0.400. The monoisotopic (exact) mass is 337 g/mol. The summed E-state index contributed by atoms with van der Waals surface area (Å²) in [4.78, 5) is 4.10. The normalized spacial score (nSPS) is 15.6. The van der Waals surface area contributed by atoms with Gasteiger partial charge in [0.2, 0.25) is 0 Å². The summed E-state index contributed by atoms with van der Waals surface area (Å²) < 4.78 is 29.0. The van der Waals surface area contributed by atoms with E-state index in [2.05, 4.69) is 25.6 Å². The second-order valence-electron chi connectivity index (χ2n) is 4.57. The lowest BCUT2D eigenvalue weighted by Gasteiger charge is -2.26. The Kier molecular flexibility index (Phi) is 4.97.